The minimum Gasteiger partial charge on any atom is -0.571 e. The Bertz CT molecular complexity index is 1670. The number of phenolic OH excluding ortho intramolecular Hbond substituents is 5. The zero-order chi connectivity index (χ0) is 34.0. The molecule has 5 rings (SSSR count). The van der Waals surface area contributed by atoms with Gasteiger partial charge >= 0.3 is 5.97 Å². The summed E-state index contributed by atoms with van der Waals surface area (Å²) < 4.78 is 32.0. The van der Waals surface area contributed by atoms with Crippen molar-refractivity contribution in [1.82, 2.24) is 0 Å². The number of hydrogen-bond acceptors (Lipinski definition) is 14. The lowest BCUT2D eigenvalue weighted by Gasteiger charge is -2.40. The van der Waals surface area contributed by atoms with Crippen molar-refractivity contribution in [2.45, 2.75) is 36.8 Å². The van der Waals surface area contributed by atoms with Crippen LogP contribution >= 0.6 is 0 Å². The van der Waals surface area contributed by atoms with E-state index in [0.29, 0.717) is 11.1 Å². The number of benzene rings is 3. The quantitative estimate of drug-likeness (QED) is 0.0707. The van der Waals surface area contributed by atoms with E-state index in [1.54, 1.807) is 0 Å². The summed E-state index contributed by atoms with van der Waals surface area (Å²) in [5.41, 5.74) is 0.879. The van der Waals surface area contributed by atoms with Gasteiger partial charge in [-0.1, -0.05) is 6.07 Å². The van der Waals surface area contributed by atoms with Gasteiger partial charge in [-0.2, -0.15) is 0 Å². The van der Waals surface area contributed by atoms with E-state index in [0.717, 1.165) is 12.1 Å². The highest BCUT2D eigenvalue weighted by atomic mass is 16.7. The Morgan fingerprint density at radius 1 is 0.872 bits per heavy atom. The van der Waals surface area contributed by atoms with Gasteiger partial charge in [0.2, 0.25) is 12.0 Å². The van der Waals surface area contributed by atoms with Gasteiger partial charge in [-0.15, -0.1) is 0 Å². The van der Waals surface area contributed by atoms with Gasteiger partial charge in [0.1, 0.15) is 48.1 Å². The van der Waals surface area contributed by atoms with Crippen molar-refractivity contribution in [3.05, 3.63) is 71.0 Å². The summed E-state index contributed by atoms with van der Waals surface area (Å²) in [6.07, 6.45) is -5.69. The normalized spacial score (nSPS) is 23.7. The Labute approximate surface area is 266 Å². The minimum absolute atomic E-state index is 0.0308. The molecule has 2 aliphatic rings. The molecule has 2 heterocycles. The molecule has 0 aliphatic carbocycles. The predicted octanol–water partition coefficient (Wildman–Crippen LogP) is 1.65. The van der Waals surface area contributed by atoms with E-state index >= 15 is 0 Å². The first-order valence-electron chi connectivity index (χ1n) is 14.1. The summed E-state index contributed by atoms with van der Waals surface area (Å²) >= 11 is 0. The lowest BCUT2D eigenvalue weighted by atomic mass is 9.98. The molecule has 1 unspecified atom stereocenters. The number of methoxy groups -OCH3 is 2. The van der Waals surface area contributed by atoms with Crippen molar-refractivity contribution in [2.24, 2.45) is 0 Å². The molecule has 0 amide bonds. The third-order valence-corrected chi connectivity index (χ3v) is 7.49. The van der Waals surface area contributed by atoms with E-state index < -0.39 is 49.4 Å². The van der Waals surface area contributed by atoms with E-state index in [4.69, 9.17) is 23.7 Å². The number of hydrogen-bond donors (Lipinski definition) is 8. The number of phenols is 5. The van der Waals surface area contributed by atoms with Crippen molar-refractivity contribution < 1.29 is 74.1 Å². The second kappa shape index (κ2) is 13.6. The Morgan fingerprint density at radius 2 is 1.57 bits per heavy atom. The fourth-order valence-electron chi connectivity index (χ4n) is 5.00. The lowest BCUT2D eigenvalue weighted by Crippen LogP contribution is -2.59. The van der Waals surface area contributed by atoms with Gasteiger partial charge in [0.05, 0.1) is 25.8 Å². The Kier molecular flexibility index (Phi) is 9.53. The fraction of sp³-hybridized carbons (Fsp3) is 0.281. The molecule has 15 nitrogen and oxygen atoms in total. The third-order valence-electron chi connectivity index (χ3n) is 7.49. The van der Waals surface area contributed by atoms with Crippen LogP contribution in [0.25, 0.3) is 12.2 Å². The molecule has 0 spiro atoms. The van der Waals surface area contributed by atoms with Crippen molar-refractivity contribution in [3.8, 4) is 46.0 Å². The maximum atomic E-state index is 12.4. The van der Waals surface area contributed by atoms with E-state index in [9.17, 15) is 45.6 Å². The molecule has 1 fully saturated rings. The number of ether oxygens (including phenoxy) is 6. The molecule has 2 aliphatic heterocycles. The maximum absolute atomic E-state index is 12.4. The molecule has 3 aromatic carbocycles. The molecule has 0 saturated carbocycles. The van der Waals surface area contributed by atoms with Gasteiger partial charge in [-0.05, 0) is 35.9 Å². The number of fused-ring (bicyclic) bond motifs is 1. The predicted molar refractivity (Wildman–Crippen MR) is 161 cm³/mol. The van der Waals surface area contributed by atoms with Crippen LogP contribution < -0.4 is 9.47 Å². The van der Waals surface area contributed by atoms with Crippen LogP contribution in [0.3, 0.4) is 0 Å². The van der Waals surface area contributed by atoms with Crippen LogP contribution in [0.2, 0.25) is 0 Å². The van der Waals surface area contributed by atoms with E-state index in [-0.39, 0.29) is 57.3 Å². The first-order valence-corrected chi connectivity index (χ1v) is 14.1. The molecule has 6 atom stereocenters. The summed E-state index contributed by atoms with van der Waals surface area (Å²) in [5.74, 6) is -2.28. The second-order valence-corrected chi connectivity index (χ2v) is 10.6. The van der Waals surface area contributed by atoms with Crippen LogP contribution in [-0.2, 0) is 19.0 Å². The summed E-state index contributed by atoms with van der Waals surface area (Å²) in [7, 11) is 2.66. The molecule has 1 saturated heterocycles. The summed E-state index contributed by atoms with van der Waals surface area (Å²) in [4.78, 5) is 12.4. The summed E-state index contributed by atoms with van der Waals surface area (Å²) in [5, 5.41) is 82.1. The van der Waals surface area contributed by atoms with Gasteiger partial charge in [0, 0.05) is 18.2 Å². The number of aromatic hydroxyl groups is 6. The molecule has 0 bridgehead atoms. The van der Waals surface area contributed by atoms with Crippen LogP contribution in [0, 0.1) is 0 Å². The first-order chi connectivity index (χ1) is 22.4. The number of rotatable bonds is 9. The molecule has 9 N–H and O–H groups in total. The van der Waals surface area contributed by atoms with E-state index in [1.807, 2.05) is 0 Å². The number of aliphatic hydroxyl groups is 4. The molecule has 15 heteroatoms. The average Bonchev–Trinajstić information content (AvgIpc) is 3.05. The monoisotopic (exact) mass is 657 g/mol. The van der Waals surface area contributed by atoms with Crippen molar-refractivity contribution in [2.75, 3.05) is 20.8 Å². The van der Waals surface area contributed by atoms with Crippen LogP contribution in [-0.4, -0.2) is 103 Å². The molecule has 0 radical (unpaired) electrons. The van der Waals surface area contributed by atoms with Crippen LogP contribution in [0.4, 0.5) is 0 Å². The van der Waals surface area contributed by atoms with Gasteiger partial charge in [-0.3, -0.25) is 0 Å². The van der Waals surface area contributed by atoms with E-state index in [2.05, 4.69) is 4.74 Å². The summed E-state index contributed by atoms with van der Waals surface area (Å²) in [6.45, 7) is -0.573. The molecule has 3 aromatic rings. The molecular weight excluding hydrogens is 624 g/mol. The second-order valence-electron chi connectivity index (χ2n) is 10.6. The Balaban J connectivity index is 1.39. The Morgan fingerprint density at radius 3 is 2.23 bits per heavy atom. The third kappa shape index (κ3) is 6.92. The largest absolute Gasteiger partial charge is 0.571 e. The van der Waals surface area contributed by atoms with Gasteiger partial charge in [0.25, 0.3) is 11.9 Å². The fourth-order valence-corrected chi connectivity index (χ4v) is 5.00. The van der Waals surface area contributed by atoms with Crippen molar-refractivity contribution in [3.63, 3.8) is 0 Å². The average molecular weight is 658 g/mol. The van der Waals surface area contributed by atoms with Crippen molar-refractivity contribution >= 4 is 18.1 Å². The smallest absolute Gasteiger partial charge is 0.330 e. The Hall–Kier alpha value is -5.35. The topological polar surface area (TPSA) is 238 Å². The zero-order valence-electron chi connectivity index (χ0n) is 24.9. The van der Waals surface area contributed by atoms with Crippen molar-refractivity contribution in [1.29, 1.82) is 0 Å². The molecule has 250 valence electrons. The minimum atomic E-state index is -1.81. The van der Waals surface area contributed by atoms with Gasteiger partial charge in [0.15, 0.2) is 28.8 Å². The number of carbonyl (C=O) groups excluding carboxylic acids is 1. The van der Waals surface area contributed by atoms with Crippen LogP contribution in [0.1, 0.15) is 22.8 Å². The van der Waals surface area contributed by atoms with Crippen LogP contribution in [0.15, 0.2) is 54.3 Å². The molecule has 47 heavy (non-hydrogen) atoms. The molecular formula is C32H33O15+. The number of carbonyl (C=O) groups is 1. The van der Waals surface area contributed by atoms with Gasteiger partial charge < -0.3 is 69.3 Å². The van der Waals surface area contributed by atoms with Gasteiger partial charge in [-0.25, -0.2) is 4.79 Å². The van der Waals surface area contributed by atoms with Crippen LogP contribution in [0.5, 0.6) is 46.0 Å². The summed E-state index contributed by atoms with van der Waals surface area (Å²) in [6, 6.07) is 9.18. The standard InChI is InChI=1S/C32H32O15/c1-42-22-8-15(9-23(43-2)27(22)38)31-24(12-17-19(35)10-16(33)11-21(17)45-31)46-32-30(41)29(40)28(39)25(47-32)13-44-26(37)6-4-14-3-5-18(34)20(36)7-14/h3-12,25,28-36,38-41H,13H2,1-2H3/p+1/b6-4-/t25-,28-,29+,30-,31?,32-/m1/s1. The highest BCUT2D eigenvalue weighted by Crippen LogP contribution is 2.48. The maximum Gasteiger partial charge on any atom is 0.330 e. The highest BCUT2D eigenvalue weighted by molar-refractivity contribution is 5.87. The highest BCUT2D eigenvalue weighted by Gasteiger charge is 2.47. The zero-order valence-corrected chi connectivity index (χ0v) is 24.9. The SMILES string of the molecule is COc1cc(C2[OH+]c3cc(O)cc(O)c3C=C2O[C@@H]2O[C@H](COC(=O)/C=C\c3ccc(O)c(O)c3)[C@@H](O)[C@H](O)[C@H]2O)cc(OC)c1O. The molecule has 0 aromatic heterocycles. The number of aliphatic hydroxyl groups excluding tert-OH is 3. The lowest BCUT2D eigenvalue weighted by molar-refractivity contribution is -0.296. The van der Waals surface area contributed by atoms with E-state index in [1.165, 1.54) is 62.8 Å². The first kappa shape index (κ1) is 33.0. The number of esters is 1.